The van der Waals surface area contributed by atoms with Crippen LogP contribution < -0.4 is 20.7 Å². The molecule has 170 valence electrons. The van der Waals surface area contributed by atoms with Gasteiger partial charge in [-0.25, -0.2) is 4.98 Å². The van der Waals surface area contributed by atoms with Gasteiger partial charge in [0.15, 0.2) is 5.75 Å². The van der Waals surface area contributed by atoms with Crippen LogP contribution in [0.5, 0.6) is 5.75 Å². The minimum atomic E-state index is -0.237. The Kier molecular flexibility index (Phi) is 5.70. The van der Waals surface area contributed by atoms with Gasteiger partial charge >= 0.3 is 0 Å². The Morgan fingerprint density at radius 1 is 1.30 bits per heavy atom. The van der Waals surface area contributed by atoms with Gasteiger partial charge in [-0.3, -0.25) is 9.48 Å². The lowest BCUT2D eigenvalue weighted by Crippen LogP contribution is -2.43. The Morgan fingerprint density at radius 2 is 2.15 bits per heavy atom. The average Bonchev–Trinajstić information content (AvgIpc) is 3.46. The largest absolute Gasteiger partial charge is 0.493 e. The summed E-state index contributed by atoms with van der Waals surface area (Å²) in [6.07, 6.45) is 8.79. The Labute approximate surface area is 191 Å². The summed E-state index contributed by atoms with van der Waals surface area (Å²) in [6.45, 7) is 2.19. The van der Waals surface area contributed by atoms with Gasteiger partial charge in [0.25, 0.3) is 5.91 Å². The number of anilines is 2. The molecule has 1 saturated heterocycles. The van der Waals surface area contributed by atoms with Crippen molar-refractivity contribution < 1.29 is 9.53 Å². The molecule has 1 amide bonds. The molecule has 9 nitrogen and oxygen atoms in total. The molecule has 1 aliphatic heterocycles. The summed E-state index contributed by atoms with van der Waals surface area (Å²) in [5.41, 5.74) is 10.1. The van der Waals surface area contributed by atoms with Gasteiger partial charge in [-0.15, -0.1) is 0 Å². The number of carbonyl (C=O) groups excluding carboxylic acids is 1. The molecule has 1 atom stereocenters. The van der Waals surface area contributed by atoms with E-state index in [2.05, 4.69) is 25.3 Å². The number of pyridine rings is 1. The molecule has 1 aliphatic rings. The first-order valence-corrected chi connectivity index (χ1v) is 11.0. The highest BCUT2D eigenvalue weighted by atomic mass is 16.5. The maximum absolute atomic E-state index is 13.1. The predicted molar refractivity (Wildman–Crippen MR) is 128 cm³/mol. The van der Waals surface area contributed by atoms with E-state index in [0.717, 1.165) is 42.6 Å². The van der Waals surface area contributed by atoms with Crippen molar-refractivity contribution in [2.45, 2.75) is 25.4 Å². The normalized spacial score (nSPS) is 16.2. The van der Waals surface area contributed by atoms with E-state index in [0.29, 0.717) is 29.2 Å². The number of rotatable bonds is 6. The number of aromatic nitrogens is 4. The van der Waals surface area contributed by atoms with Crippen molar-refractivity contribution >= 4 is 28.3 Å². The van der Waals surface area contributed by atoms with Crippen LogP contribution in [0.1, 0.15) is 28.8 Å². The first-order valence-electron chi connectivity index (χ1n) is 11.0. The number of fused-ring (bicyclic) bond motifs is 1. The standard InChI is InChI=1S/C24H27N7O2/c1-33-20-12-27-23-21(22(20)30-9-5-8-18(25)15-30)19(11-26-23)29-24(32)17-10-28-31(14-17)13-16-6-3-2-4-7-16/h2-4,6-7,10-12,14,18H,5,8-9,13,15,25H2,1H3,(H,26,27)(H,29,32)/t18-/m1/s1. The molecule has 0 bridgehead atoms. The van der Waals surface area contributed by atoms with Gasteiger partial charge in [0.05, 0.1) is 48.4 Å². The molecule has 0 aliphatic carbocycles. The minimum absolute atomic E-state index is 0.0964. The predicted octanol–water partition coefficient (Wildman–Crippen LogP) is 3.00. The lowest BCUT2D eigenvalue weighted by molar-refractivity contribution is 0.102. The number of nitrogens with one attached hydrogen (secondary N) is 2. The van der Waals surface area contributed by atoms with Crippen molar-refractivity contribution in [3.05, 3.63) is 66.2 Å². The van der Waals surface area contributed by atoms with Crippen LogP contribution in [-0.4, -0.2) is 51.9 Å². The van der Waals surface area contributed by atoms with Gasteiger partial charge in [-0.2, -0.15) is 5.10 Å². The smallest absolute Gasteiger partial charge is 0.258 e. The fraction of sp³-hybridized carbons (Fsp3) is 0.292. The zero-order chi connectivity index (χ0) is 22.8. The van der Waals surface area contributed by atoms with E-state index in [1.165, 1.54) is 0 Å². The topological polar surface area (TPSA) is 114 Å². The van der Waals surface area contributed by atoms with E-state index in [4.69, 9.17) is 10.5 Å². The molecule has 0 radical (unpaired) electrons. The maximum atomic E-state index is 13.1. The molecule has 4 heterocycles. The number of piperidine rings is 1. The number of amides is 1. The molecule has 0 spiro atoms. The zero-order valence-corrected chi connectivity index (χ0v) is 18.5. The van der Waals surface area contributed by atoms with Gasteiger partial charge in [0.2, 0.25) is 0 Å². The highest BCUT2D eigenvalue weighted by molar-refractivity contribution is 6.12. The number of ether oxygens (including phenoxy) is 1. The Bertz CT molecular complexity index is 1260. The van der Waals surface area contributed by atoms with Crippen LogP contribution in [0.3, 0.4) is 0 Å². The van der Waals surface area contributed by atoms with Crippen molar-refractivity contribution in [1.82, 2.24) is 19.7 Å². The fourth-order valence-electron chi connectivity index (χ4n) is 4.37. The monoisotopic (exact) mass is 445 g/mol. The van der Waals surface area contributed by atoms with Gasteiger partial charge in [-0.1, -0.05) is 30.3 Å². The number of benzene rings is 1. The first-order chi connectivity index (χ1) is 16.1. The Balaban J connectivity index is 1.43. The number of carbonyl (C=O) groups is 1. The highest BCUT2D eigenvalue weighted by Crippen LogP contribution is 2.40. The van der Waals surface area contributed by atoms with Crippen LogP contribution in [0.2, 0.25) is 0 Å². The second-order valence-electron chi connectivity index (χ2n) is 8.32. The van der Waals surface area contributed by atoms with Crippen molar-refractivity contribution in [1.29, 1.82) is 0 Å². The lowest BCUT2D eigenvalue weighted by atomic mass is 10.0. The summed E-state index contributed by atoms with van der Waals surface area (Å²) in [5.74, 6) is 0.418. The van der Waals surface area contributed by atoms with Crippen molar-refractivity contribution in [3.63, 3.8) is 0 Å². The first kappa shape index (κ1) is 21.0. The SMILES string of the molecule is COc1cnc2[nH]cc(NC(=O)c3cnn(Cc4ccccc4)c3)c2c1N1CCC[C@@H](N)C1. The molecular weight excluding hydrogens is 418 g/mol. The summed E-state index contributed by atoms with van der Waals surface area (Å²) in [5, 5.41) is 8.18. The third kappa shape index (κ3) is 4.27. The van der Waals surface area contributed by atoms with Crippen LogP contribution in [0, 0.1) is 0 Å². The van der Waals surface area contributed by atoms with Gasteiger partial charge in [0, 0.05) is 31.5 Å². The van der Waals surface area contributed by atoms with E-state index in [9.17, 15) is 4.79 Å². The van der Waals surface area contributed by atoms with Crippen LogP contribution in [-0.2, 0) is 6.54 Å². The molecule has 1 fully saturated rings. The summed E-state index contributed by atoms with van der Waals surface area (Å²) >= 11 is 0. The number of aromatic amines is 1. The second-order valence-corrected chi connectivity index (χ2v) is 8.32. The van der Waals surface area contributed by atoms with Gasteiger partial charge in [0.1, 0.15) is 5.65 Å². The third-order valence-corrected chi connectivity index (χ3v) is 5.97. The summed E-state index contributed by atoms with van der Waals surface area (Å²) < 4.78 is 7.39. The number of hydrogen-bond acceptors (Lipinski definition) is 6. The van der Waals surface area contributed by atoms with E-state index in [-0.39, 0.29) is 11.9 Å². The minimum Gasteiger partial charge on any atom is -0.493 e. The van der Waals surface area contributed by atoms with Crippen LogP contribution in [0.4, 0.5) is 11.4 Å². The van der Waals surface area contributed by atoms with Crippen molar-refractivity contribution in [2.24, 2.45) is 5.73 Å². The zero-order valence-electron chi connectivity index (χ0n) is 18.5. The average molecular weight is 446 g/mol. The van der Waals surface area contributed by atoms with Crippen LogP contribution in [0.25, 0.3) is 11.0 Å². The van der Waals surface area contributed by atoms with Gasteiger partial charge < -0.3 is 25.7 Å². The quantitative estimate of drug-likeness (QED) is 0.420. The number of H-pyrrole nitrogens is 1. The number of hydrogen-bond donors (Lipinski definition) is 3. The van der Waals surface area contributed by atoms with Crippen LogP contribution >= 0.6 is 0 Å². The third-order valence-electron chi connectivity index (χ3n) is 5.97. The Hall–Kier alpha value is -3.85. The number of nitrogens with two attached hydrogens (primary N) is 1. The summed E-state index contributed by atoms with van der Waals surface area (Å²) in [6, 6.07) is 10.1. The molecule has 0 unspecified atom stereocenters. The molecule has 5 rings (SSSR count). The maximum Gasteiger partial charge on any atom is 0.258 e. The molecular formula is C24H27N7O2. The highest BCUT2D eigenvalue weighted by Gasteiger charge is 2.25. The molecule has 4 aromatic rings. The van der Waals surface area contributed by atoms with E-state index in [1.807, 2.05) is 30.3 Å². The summed E-state index contributed by atoms with van der Waals surface area (Å²) in [4.78, 5) is 22.9. The molecule has 1 aromatic carbocycles. The van der Waals surface area contributed by atoms with E-state index >= 15 is 0 Å². The van der Waals surface area contributed by atoms with E-state index < -0.39 is 0 Å². The number of methoxy groups -OCH3 is 1. The van der Waals surface area contributed by atoms with Crippen LogP contribution in [0.15, 0.2) is 55.1 Å². The van der Waals surface area contributed by atoms with Crippen molar-refractivity contribution in [3.8, 4) is 5.75 Å². The molecule has 4 N–H and O–H groups in total. The summed E-state index contributed by atoms with van der Waals surface area (Å²) in [7, 11) is 1.63. The van der Waals surface area contributed by atoms with Gasteiger partial charge in [-0.05, 0) is 18.4 Å². The molecule has 9 heteroatoms. The van der Waals surface area contributed by atoms with Crippen molar-refractivity contribution in [2.75, 3.05) is 30.4 Å². The molecule has 33 heavy (non-hydrogen) atoms. The van der Waals surface area contributed by atoms with E-state index in [1.54, 1.807) is 36.6 Å². The Morgan fingerprint density at radius 3 is 2.94 bits per heavy atom. The second kappa shape index (κ2) is 8.95. The lowest BCUT2D eigenvalue weighted by Gasteiger charge is -2.34. The molecule has 0 saturated carbocycles. The number of nitrogens with zero attached hydrogens (tertiary/aromatic N) is 4. The fourth-order valence-corrected chi connectivity index (χ4v) is 4.37. The molecule has 3 aromatic heterocycles.